The number of hydrogen-bond acceptors (Lipinski definition) is 4. The zero-order chi connectivity index (χ0) is 15.2. The summed E-state index contributed by atoms with van der Waals surface area (Å²) in [7, 11) is -1.44. The first kappa shape index (κ1) is 15.8. The van der Waals surface area contributed by atoms with E-state index in [4.69, 9.17) is 19.5 Å². The molecular weight excluding hydrogens is 267 g/mol. The molecule has 4 nitrogen and oxygen atoms in total. The molecule has 0 saturated heterocycles. The molecule has 0 fully saturated rings. The van der Waals surface area contributed by atoms with Gasteiger partial charge in [-0.1, -0.05) is 38.1 Å². The van der Waals surface area contributed by atoms with Crippen LogP contribution in [-0.4, -0.2) is 37.0 Å². The highest BCUT2D eigenvalue weighted by molar-refractivity contribution is 6.58. The van der Waals surface area contributed by atoms with Crippen LogP contribution in [0.15, 0.2) is 36.4 Å². The maximum atomic E-state index is 9.16. The van der Waals surface area contributed by atoms with Gasteiger partial charge in [0, 0.05) is 6.61 Å². The van der Waals surface area contributed by atoms with E-state index in [1.165, 1.54) is 0 Å². The molecule has 0 saturated carbocycles. The van der Waals surface area contributed by atoms with Gasteiger partial charge < -0.3 is 19.5 Å². The van der Waals surface area contributed by atoms with Crippen molar-refractivity contribution >= 4 is 23.4 Å². The molecule has 21 heavy (non-hydrogen) atoms. The minimum absolute atomic E-state index is 0.484. The van der Waals surface area contributed by atoms with Crippen molar-refractivity contribution in [3.63, 3.8) is 0 Å². The molecule has 2 aromatic rings. The van der Waals surface area contributed by atoms with Crippen LogP contribution >= 0.6 is 0 Å². The minimum atomic E-state index is -1.44. The molecule has 2 N–H and O–H groups in total. The van der Waals surface area contributed by atoms with Crippen molar-refractivity contribution in [2.45, 2.75) is 13.8 Å². The Bertz CT molecular complexity index is 583. The van der Waals surface area contributed by atoms with E-state index in [1.807, 2.05) is 24.3 Å². The van der Waals surface area contributed by atoms with Gasteiger partial charge in [-0.2, -0.15) is 0 Å². The fraction of sp³-hybridized carbons (Fsp3) is 0.375. The molecule has 112 valence electrons. The zero-order valence-electron chi connectivity index (χ0n) is 12.5. The quantitative estimate of drug-likeness (QED) is 0.600. The van der Waals surface area contributed by atoms with Gasteiger partial charge in [0.05, 0.1) is 6.61 Å². The van der Waals surface area contributed by atoms with E-state index in [1.54, 1.807) is 12.1 Å². The van der Waals surface area contributed by atoms with Gasteiger partial charge in [-0.15, -0.1) is 0 Å². The Balaban J connectivity index is 1.94. The second kappa shape index (κ2) is 7.45. The molecule has 5 heteroatoms. The highest BCUT2D eigenvalue weighted by atomic mass is 16.5. The fourth-order valence-corrected chi connectivity index (χ4v) is 2.03. The maximum Gasteiger partial charge on any atom is 0.488 e. The van der Waals surface area contributed by atoms with E-state index in [-0.39, 0.29) is 0 Å². The number of hydrogen-bond donors (Lipinski definition) is 2. The molecule has 0 unspecified atom stereocenters. The number of benzene rings is 2. The Morgan fingerprint density at radius 1 is 1.00 bits per heavy atom. The molecule has 0 amide bonds. The van der Waals surface area contributed by atoms with Crippen LogP contribution in [0.4, 0.5) is 0 Å². The van der Waals surface area contributed by atoms with E-state index in [2.05, 4.69) is 13.8 Å². The van der Waals surface area contributed by atoms with Gasteiger partial charge >= 0.3 is 7.12 Å². The van der Waals surface area contributed by atoms with Crippen molar-refractivity contribution in [2.24, 2.45) is 5.92 Å². The number of rotatable bonds is 7. The Hall–Kier alpha value is -1.56. The highest BCUT2D eigenvalue weighted by Crippen LogP contribution is 2.20. The van der Waals surface area contributed by atoms with Crippen LogP contribution in [0, 0.1) is 5.92 Å². The lowest BCUT2D eigenvalue weighted by molar-refractivity contribution is 0.0819. The number of fused-ring (bicyclic) bond motifs is 1. The third-order valence-corrected chi connectivity index (χ3v) is 3.08. The van der Waals surface area contributed by atoms with Crippen LogP contribution in [0.2, 0.25) is 0 Å². The zero-order valence-corrected chi connectivity index (χ0v) is 12.5. The second-order valence-electron chi connectivity index (χ2n) is 5.46. The van der Waals surface area contributed by atoms with E-state index in [0.717, 1.165) is 23.1 Å². The summed E-state index contributed by atoms with van der Waals surface area (Å²) in [6.45, 7) is 6.06. The lowest BCUT2D eigenvalue weighted by atomic mass is 9.79. The van der Waals surface area contributed by atoms with Gasteiger partial charge in [-0.3, -0.25) is 0 Å². The van der Waals surface area contributed by atoms with Gasteiger partial charge in [0.2, 0.25) is 0 Å². The summed E-state index contributed by atoms with van der Waals surface area (Å²) < 4.78 is 11.1. The first-order chi connectivity index (χ1) is 10.1. The molecule has 0 bridgehead atoms. The lowest BCUT2D eigenvalue weighted by Gasteiger charge is -2.10. The third kappa shape index (κ3) is 4.74. The molecule has 0 spiro atoms. The van der Waals surface area contributed by atoms with Crippen molar-refractivity contribution in [3.8, 4) is 5.75 Å². The second-order valence-corrected chi connectivity index (χ2v) is 5.46. The normalized spacial score (nSPS) is 11.1. The molecule has 2 aromatic carbocycles. The largest absolute Gasteiger partial charge is 0.491 e. The summed E-state index contributed by atoms with van der Waals surface area (Å²) in [5, 5.41) is 20.3. The summed E-state index contributed by atoms with van der Waals surface area (Å²) >= 11 is 0. The van der Waals surface area contributed by atoms with Gasteiger partial charge in [0.25, 0.3) is 0 Å². The number of ether oxygens (including phenoxy) is 2. The van der Waals surface area contributed by atoms with E-state index in [0.29, 0.717) is 24.6 Å². The Kier molecular flexibility index (Phi) is 5.62. The first-order valence-electron chi connectivity index (χ1n) is 7.16. The topological polar surface area (TPSA) is 58.9 Å². The molecule has 0 radical (unpaired) electrons. The van der Waals surface area contributed by atoms with Crippen LogP contribution in [0.3, 0.4) is 0 Å². The third-order valence-electron chi connectivity index (χ3n) is 3.08. The van der Waals surface area contributed by atoms with Gasteiger partial charge in [-0.05, 0) is 34.3 Å². The maximum absolute atomic E-state index is 9.16. The van der Waals surface area contributed by atoms with Crippen molar-refractivity contribution in [1.29, 1.82) is 0 Å². The molecule has 2 rings (SSSR count). The highest BCUT2D eigenvalue weighted by Gasteiger charge is 2.10. The summed E-state index contributed by atoms with van der Waals surface area (Å²) in [6, 6.07) is 11.0. The van der Waals surface area contributed by atoms with E-state index >= 15 is 0 Å². The molecule has 0 aliphatic heterocycles. The average Bonchev–Trinajstić information content (AvgIpc) is 2.45. The summed E-state index contributed by atoms with van der Waals surface area (Å²) in [6.07, 6.45) is 0. The summed E-state index contributed by atoms with van der Waals surface area (Å²) in [5.41, 5.74) is 0.484. The summed E-state index contributed by atoms with van der Waals surface area (Å²) in [5.74, 6) is 1.31. The van der Waals surface area contributed by atoms with E-state index in [9.17, 15) is 0 Å². The van der Waals surface area contributed by atoms with Crippen LogP contribution in [0.5, 0.6) is 5.75 Å². The van der Waals surface area contributed by atoms with Crippen LogP contribution < -0.4 is 10.2 Å². The van der Waals surface area contributed by atoms with Gasteiger partial charge in [-0.25, -0.2) is 0 Å². The van der Waals surface area contributed by atoms with Crippen LogP contribution in [-0.2, 0) is 4.74 Å². The van der Waals surface area contributed by atoms with Crippen LogP contribution in [0.25, 0.3) is 10.8 Å². The smallest absolute Gasteiger partial charge is 0.488 e. The van der Waals surface area contributed by atoms with Gasteiger partial charge in [0.1, 0.15) is 12.4 Å². The molecule has 0 aliphatic rings. The van der Waals surface area contributed by atoms with Crippen molar-refractivity contribution in [2.75, 3.05) is 19.8 Å². The van der Waals surface area contributed by atoms with Crippen molar-refractivity contribution < 1.29 is 19.5 Å². The monoisotopic (exact) mass is 288 g/mol. The lowest BCUT2D eigenvalue weighted by Crippen LogP contribution is -2.29. The molecular formula is C16H21BO4. The SMILES string of the molecule is CC(C)COCCOc1ccc2cc(B(O)O)ccc2c1. The summed E-state index contributed by atoms with van der Waals surface area (Å²) in [4.78, 5) is 0. The van der Waals surface area contributed by atoms with E-state index < -0.39 is 7.12 Å². The first-order valence-corrected chi connectivity index (χ1v) is 7.16. The fourth-order valence-electron chi connectivity index (χ4n) is 2.03. The van der Waals surface area contributed by atoms with Gasteiger partial charge in [0.15, 0.2) is 0 Å². The van der Waals surface area contributed by atoms with Crippen molar-refractivity contribution in [3.05, 3.63) is 36.4 Å². The molecule has 0 aliphatic carbocycles. The van der Waals surface area contributed by atoms with Crippen molar-refractivity contribution in [1.82, 2.24) is 0 Å². The van der Waals surface area contributed by atoms with Crippen LogP contribution in [0.1, 0.15) is 13.8 Å². The predicted molar refractivity (Wildman–Crippen MR) is 84.9 cm³/mol. The Morgan fingerprint density at radius 3 is 2.43 bits per heavy atom. The Labute approximate surface area is 125 Å². The standard InChI is InChI=1S/C16H21BO4/c1-12(2)11-20-7-8-21-16-6-4-13-9-15(17(18)19)5-3-14(13)10-16/h3-6,9-10,12,18-19H,7-8,11H2,1-2H3. The minimum Gasteiger partial charge on any atom is -0.491 e. The molecule has 0 atom stereocenters. The molecule has 0 heterocycles. The molecule has 0 aromatic heterocycles. The Morgan fingerprint density at radius 2 is 1.71 bits per heavy atom. The predicted octanol–water partition coefficient (Wildman–Crippen LogP) is 1.57. The average molecular weight is 288 g/mol.